The highest BCUT2D eigenvalue weighted by molar-refractivity contribution is 5.56. The van der Waals surface area contributed by atoms with Crippen LogP contribution in [0.25, 0.3) is 0 Å². The van der Waals surface area contributed by atoms with E-state index in [9.17, 15) is 8.78 Å². The van der Waals surface area contributed by atoms with E-state index in [2.05, 4.69) is 11.8 Å². The summed E-state index contributed by atoms with van der Waals surface area (Å²) in [7, 11) is 0. The maximum Gasteiger partial charge on any atom is 0.160 e. The Hall–Kier alpha value is -1.56. The van der Waals surface area contributed by atoms with Crippen molar-refractivity contribution in [2.45, 2.75) is 19.8 Å². The number of hydrogen-bond donors (Lipinski definition) is 1. The van der Waals surface area contributed by atoms with E-state index in [1.54, 1.807) is 0 Å². The second kappa shape index (κ2) is 4.61. The Kier molecular flexibility index (Phi) is 3.47. The van der Waals surface area contributed by atoms with Crippen LogP contribution in [-0.2, 0) is 0 Å². The predicted octanol–water partition coefficient (Wildman–Crippen LogP) is 2.70. The Morgan fingerprint density at radius 3 is 2.57 bits per heavy atom. The molecule has 0 atom stereocenters. The molecule has 0 aliphatic rings. The molecular formula is C11H11F2N. The quantitative estimate of drug-likeness (QED) is 0.541. The van der Waals surface area contributed by atoms with Crippen LogP contribution in [0.4, 0.5) is 14.5 Å². The van der Waals surface area contributed by atoms with E-state index in [4.69, 9.17) is 5.73 Å². The smallest absolute Gasteiger partial charge is 0.160 e. The Labute approximate surface area is 81.9 Å². The fourth-order valence-electron chi connectivity index (χ4n) is 0.953. The predicted molar refractivity (Wildman–Crippen MR) is 52.6 cm³/mol. The van der Waals surface area contributed by atoms with Crippen LogP contribution in [0.5, 0.6) is 0 Å². The summed E-state index contributed by atoms with van der Waals surface area (Å²) in [5.74, 6) is 3.66. The van der Waals surface area contributed by atoms with Gasteiger partial charge in [-0.1, -0.05) is 18.8 Å². The molecule has 0 spiro atoms. The summed E-state index contributed by atoms with van der Waals surface area (Å²) < 4.78 is 25.4. The summed E-state index contributed by atoms with van der Waals surface area (Å²) in [6, 6.07) is 1.97. The molecule has 0 saturated heterocycles. The molecule has 0 heterocycles. The number of anilines is 1. The first kappa shape index (κ1) is 10.5. The van der Waals surface area contributed by atoms with Gasteiger partial charge < -0.3 is 5.73 Å². The highest BCUT2D eigenvalue weighted by atomic mass is 19.2. The van der Waals surface area contributed by atoms with Crippen LogP contribution in [0.2, 0.25) is 0 Å². The van der Waals surface area contributed by atoms with Crippen LogP contribution in [-0.4, -0.2) is 0 Å². The lowest BCUT2D eigenvalue weighted by Crippen LogP contribution is -1.94. The molecule has 0 amide bonds. The van der Waals surface area contributed by atoms with E-state index in [1.807, 2.05) is 6.92 Å². The van der Waals surface area contributed by atoms with Crippen molar-refractivity contribution in [1.29, 1.82) is 0 Å². The van der Waals surface area contributed by atoms with Crippen LogP contribution >= 0.6 is 0 Å². The molecule has 0 unspecified atom stereocenters. The van der Waals surface area contributed by atoms with Crippen molar-refractivity contribution in [2.24, 2.45) is 0 Å². The van der Waals surface area contributed by atoms with Crippen LogP contribution in [0, 0.1) is 23.5 Å². The highest BCUT2D eigenvalue weighted by Crippen LogP contribution is 2.15. The minimum absolute atomic E-state index is 0.174. The van der Waals surface area contributed by atoms with E-state index in [-0.39, 0.29) is 5.69 Å². The van der Waals surface area contributed by atoms with Gasteiger partial charge in [0.05, 0.1) is 11.3 Å². The van der Waals surface area contributed by atoms with Crippen molar-refractivity contribution in [3.8, 4) is 11.8 Å². The van der Waals surface area contributed by atoms with Crippen molar-refractivity contribution in [2.75, 3.05) is 5.73 Å². The Balaban J connectivity index is 3.00. The Morgan fingerprint density at radius 1 is 1.29 bits per heavy atom. The van der Waals surface area contributed by atoms with Crippen LogP contribution in [0.1, 0.15) is 25.3 Å². The summed E-state index contributed by atoms with van der Waals surface area (Å²) in [4.78, 5) is 0. The fraction of sp³-hybridized carbons (Fsp3) is 0.273. The maximum atomic E-state index is 12.8. The molecule has 2 N–H and O–H groups in total. The first-order valence-corrected chi connectivity index (χ1v) is 4.38. The molecule has 74 valence electrons. The zero-order valence-corrected chi connectivity index (χ0v) is 7.90. The molecule has 1 nitrogen and oxygen atoms in total. The molecule has 0 aliphatic heterocycles. The highest BCUT2D eigenvalue weighted by Gasteiger charge is 2.05. The van der Waals surface area contributed by atoms with Gasteiger partial charge in [-0.05, 0) is 12.5 Å². The number of nitrogen functional groups attached to an aromatic ring is 1. The third-order valence-electron chi connectivity index (χ3n) is 1.69. The summed E-state index contributed by atoms with van der Waals surface area (Å²) in [5.41, 5.74) is 5.98. The third-order valence-corrected chi connectivity index (χ3v) is 1.69. The van der Waals surface area contributed by atoms with Gasteiger partial charge >= 0.3 is 0 Å². The van der Waals surface area contributed by atoms with Gasteiger partial charge in [0.2, 0.25) is 0 Å². The normalized spacial score (nSPS) is 9.36. The van der Waals surface area contributed by atoms with Crippen molar-refractivity contribution in [3.05, 3.63) is 29.3 Å². The zero-order valence-electron chi connectivity index (χ0n) is 7.90. The monoisotopic (exact) mass is 195 g/mol. The number of hydrogen-bond acceptors (Lipinski definition) is 1. The Morgan fingerprint density at radius 2 is 1.93 bits per heavy atom. The van der Waals surface area contributed by atoms with Gasteiger partial charge in [-0.2, -0.15) is 0 Å². The van der Waals surface area contributed by atoms with Crippen LogP contribution < -0.4 is 5.73 Å². The van der Waals surface area contributed by atoms with Gasteiger partial charge in [-0.25, -0.2) is 8.78 Å². The van der Waals surface area contributed by atoms with E-state index in [0.717, 1.165) is 25.0 Å². The summed E-state index contributed by atoms with van der Waals surface area (Å²) in [5, 5.41) is 0. The molecule has 0 saturated carbocycles. The maximum absolute atomic E-state index is 12.8. The molecule has 1 rings (SSSR count). The lowest BCUT2D eigenvalue weighted by molar-refractivity contribution is 0.509. The van der Waals surface area contributed by atoms with Crippen molar-refractivity contribution in [3.63, 3.8) is 0 Å². The second-order valence-electron chi connectivity index (χ2n) is 2.91. The number of halogens is 2. The molecule has 0 aliphatic carbocycles. The van der Waals surface area contributed by atoms with Gasteiger partial charge in [0.1, 0.15) is 0 Å². The lowest BCUT2D eigenvalue weighted by Gasteiger charge is -1.98. The summed E-state index contributed by atoms with van der Waals surface area (Å²) in [6.45, 7) is 1.99. The topological polar surface area (TPSA) is 26.0 Å². The molecule has 0 bridgehead atoms. The minimum atomic E-state index is -0.941. The van der Waals surface area contributed by atoms with Gasteiger partial charge in [0.25, 0.3) is 0 Å². The van der Waals surface area contributed by atoms with E-state index in [0.29, 0.717) is 5.56 Å². The average molecular weight is 195 g/mol. The van der Waals surface area contributed by atoms with E-state index in [1.165, 1.54) is 0 Å². The lowest BCUT2D eigenvalue weighted by atomic mass is 10.1. The van der Waals surface area contributed by atoms with Crippen molar-refractivity contribution >= 4 is 5.69 Å². The van der Waals surface area contributed by atoms with Crippen molar-refractivity contribution < 1.29 is 8.78 Å². The molecule has 0 radical (unpaired) electrons. The van der Waals surface area contributed by atoms with Crippen molar-refractivity contribution in [1.82, 2.24) is 0 Å². The SMILES string of the molecule is CCCC#Cc1cc(F)c(F)cc1N. The van der Waals surface area contributed by atoms with E-state index < -0.39 is 11.6 Å². The summed E-state index contributed by atoms with van der Waals surface area (Å²) in [6.07, 6.45) is 1.65. The standard InChI is InChI=1S/C11H11F2N/c1-2-3-4-5-8-6-9(12)10(13)7-11(8)14/h6-7H,2-3,14H2,1H3. The first-order valence-electron chi connectivity index (χ1n) is 4.38. The molecule has 1 aromatic rings. The van der Waals surface area contributed by atoms with Gasteiger partial charge in [-0.3, -0.25) is 0 Å². The Bertz CT molecular complexity index is 388. The molecule has 3 heteroatoms. The summed E-state index contributed by atoms with van der Waals surface area (Å²) >= 11 is 0. The molecular weight excluding hydrogens is 184 g/mol. The number of unbranched alkanes of at least 4 members (excludes halogenated alkanes) is 1. The number of rotatable bonds is 1. The average Bonchev–Trinajstić information content (AvgIpc) is 2.14. The van der Waals surface area contributed by atoms with Gasteiger partial charge in [0.15, 0.2) is 11.6 Å². The van der Waals surface area contributed by atoms with Crippen LogP contribution in [0.3, 0.4) is 0 Å². The first-order chi connectivity index (χ1) is 6.65. The largest absolute Gasteiger partial charge is 0.398 e. The van der Waals surface area contributed by atoms with Gasteiger partial charge in [0, 0.05) is 12.5 Å². The fourth-order valence-corrected chi connectivity index (χ4v) is 0.953. The third kappa shape index (κ3) is 2.46. The van der Waals surface area contributed by atoms with Gasteiger partial charge in [-0.15, -0.1) is 0 Å². The molecule has 14 heavy (non-hydrogen) atoms. The molecule has 0 fully saturated rings. The van der Waals surface area contributed by atoms with E-state index >= 15 is 0 Å². The zero-order chi connectivity index (χ0) is 10.6. The van der Waals surface area contributed by atoms with Crippen LogP contribution in [0.15, 0.2) is 12.1 Å². The number of nitrogens with two attached hydrogens (primary N) is 1. The molecule has 1 aromatic carbocycles. The molecule has 0 aromatic heterocycles. The minimum Gasteiger partial charge on any atom is -0.398 e. The second-order valence-corrected chi connectivity index (χ2v) is 2.91. The number of benzene rings is 1.